The van der Waals surface area contributed by atoms with Gasteiger partial charge in [0, 0.05) is 18.3 Å². The molecule has 0 bridgehead atoms. The molecule has 1 aliphatic rings. The van der Waals surface area contributed by atoms with Crippen LogP contribution in [0, 0.1) is 0 Å². The highest BCUT2D eigenvalue weighted by Gasteiger charge is 2.32. The number of nitrogens with zero attached hydrogens (tertiary/aromatic N) is 4. The van der Waals surface area contributed by atoms with Crippen molar-refractivity contribution in [2.45, 2.75) is 0 Å². The first kappa shape index (κ1) is 22.7. The molecule has 10 heteroatoms. The number of amides is 3. The molecule has 36 heavy (non-hydrogen) atoms. The average Bonchev–Trinajstić information content (AvgIpc) is 3.45. The summed E-state index contributed by atoms with van der Waals surface area (Å²) in [5.41, 5.74) is 2.21. The largest absolute Gasteiger partial charge is 0.450 e. The molecule has 1 N–H and O–H groups in total. The third-order valence-corrected chi connectivity index (χ3v) is 5.53. The van der Waals surface area contributed by atoms with Gasteiger partial charge >= 0.3 is 5.97 Å². The predicted molar refractivity (Wildman–Crippen MR) is 129 cm³/mol. The van der Waals surface area contributed by atoms with Crippen molar-refractivity contribution >= 4 is 29.4 Å². The Morgan fingerprint density at radius 1 is 0.889 bits per heavy atom. The van der Waals surface area contributed by atoms with Crippen molar-refractivity contribution in [3.05, 3.63) is 95.8 Å². The summed E-state index contributed by atoms with van der Waals surface area (Å²) in [4.78, 5) is 54.6. The van der Waals surface area contributed by atoms with Gasteiger partial charge in [-0.1, -0.05) is 48.5 Å². The Morgan fingerprint density at radius 2 is 1.56 bits per heavy atom. The van der Waals surface area contributed by atoms with E-state index in [4.69, 9.17) is 4.74 Å². The highest BCUT2D eigenvalue weighted by atomic mass is 16.5. The summed E-state index contributed by atoms with van der Waals surface area (Å²) in [7, 11) is 1.39. The third kappa shape index (κ3) is 4.23. The first-order valence-electron chi connectivity index (χ1n) is 10.9. The molecule has 3 amide bonds. The maximum absolute atomic E-state index is 12.7. The van der Waals surface area contributed by atoms with Crippen LogP contribution in [0.2, 0.25) is 0 Å². The number of anilines is 1. The second-order valence-electron chi connectivity index (χ2n) is 7.93. The van der Waals surface area contributed by atoms with Crippen LogP contribution in [0.15, 0.2) is 78.9 Å². The number of nitrogens with one attached hydrogen (secondary N) is 1. The zero-order valence-electron chi connectivity index (χ0n) is 19.0. The zero-order valence-corrected chi connectivity index (χ0v) is 19.0. The summed E-state index contributed by atoms with van der Waals surface area (Å²) in [6.07, 6.45) is 0. The molecule has 0 aliphatic carbocycles. The van der Waals surface area contributed by atoms with Crippen molar-refractivity contribution in [3.8, 4) is 17.1 Å². The van der Waals surface area contributed by atoms with Crippen molar-refractivity contribution < 1.29 is 23.9 Å². The van der Waals surface area contributed by atoms with Crippen LogP contribution in [0.3, 0.4) is 0 Å². The van der Waals surface area contributed by atoms with Crippen LogP contribution in [0.25, 0.3) is 17.1 Å². The predicted octanol–water partition coefficient (Wildman–Crippen LogP) is 2.96. The second kappa shape index (κ2) is 9.26. The molecule has 0 radical (unpaired) electrons. The van der Waals surface area contributed by atoms with Gasteiger partial charge in [-0.3, -0.25) is 19.3 Å². The van der Waals surface area contributed by atoms with Crippen LogP contribution >= 0.6 is 0 Å². The Hall–Kier alpha value is -5.12. The van der Waals surface area contributed by atoms with Crippen molar-refractivity contribution in [3.63, 3.8) is 0 Å². The van der Waals surface area contributed by atoms with Crippen molar-refractivity contribution in [2.75, 3.05) is 19.0 Å². The van der Waals surface area contributed by atoms with Gasteiger partial charge < -0.3 is 10.1 Å². The molecule has 0 atom stereocenters. The normalized spacial score (nSPS) is 12.4. The van der Waals surface area contributed by atoms with E-state index < -0.39 is 30.3 Å². The number of para-hydroxylation sites is 1. The highest BCUT2D eigenvalue weighted by Crippen LogP contribution is 2.25. The van der Waals surface area contributed by atoms with E-state index in [0.29, 0.717) is 17.2 Å². The Morgan fingerprint density at radius 3 is 2.28 bits per heavy atom. The number of benzene rings is 3. The molecule has 0 fully saturated rings. The van der Waals surface area contributed by atoms with Crippen LogP contribution < -0.4 is 5.32 Å². The quantitative estimate of drug-likeness (QED) is 0.332. The Balaban J connectivity index is 1.30. The topological polar surface area (TPSA) is 123 Å². The molecule has 4 aromatic rings. The molecule has 10 nitrogen and oxygen atoms in total. The van der Waals surface area contributed by atoms with Gasteiger partial charge in [0.2, 0.25) is 0 Å². The number of fused-ring (bicyclic) bond motifs is 1. The van der Waals surface area contributed by atoms with Crippen LogP contribution in [-0.2, 0) is 9.53 Å². The van der Waals surface area contributed by atoms with E-state index >= 15 is 0 Å². The molecule has 2 heterocycles. The number of hydrogen-bond acceptors (Lipinski definition) is 7. The maximum atomic E-state index is 12.7. The molecular weight excluding hydrogens is 462 g/mol. The molecule has 5 rings (SSSR count). The second-order valence-corrected chi connectivity index (χ2v) is 7.93. The first-order chi connectivity index (χ1) is 17.4. The van der Waals surface area contributed by atoms with Crippen LogP contribution in [0.1, 0.15) is 31.3 Å². The SMILES string of the molecule is CN1C(=O)c2ccc(NC(=O)COC(=O)c3nc(-c4ccccc4)n(-c4ccccc4)n3)cc2C1=O. The minimum Gasteiger partial charge on any atom is -0.450 e. The minimum absolute atomic E-state index is 0.196. The maximum Gasteiger partial charge on any atom is 0.378 e. The summed E-state index contributed by atoms with van der Waals surface area (Å²) in [6, 6.07) is 22.8. The molecule has 0 saturated carbocycles. The first-order valence-corrected chi connectivity index (χ1v) is 10.9. The Labute approximate surface area is 205 Å². The molecule has 1 aromatic heterocycles. The van der Waals surface area contributed by atoms with Crippen molar-refractivity contribution in [1.82, 2.24) is 19.7 Å². The Kier molecular flexibility index (Phi) is 5.83. The third-order valence-electron chi connectivity index (χ3n) is 5.53. The monoisotopic (exact) mass is 481 g/mol. The molecule has 0 unspecified atom stereocenters. The fourth-order valence-electron chi connectivity index (χ4n) is 3.75. The van der Waals surface area contributed by atoms with E-state index in [1.54, 1.807) is 0 Å². The lowest BCUT2D eigenvalue weighted by molar-refractivity contribution is -0.119. The summed E-state index contributed by atoms with van der Waals surface area (Å²) >= 11 is 0. The van der Waals surface area contributed by atoms with Gasteiger partial charge in [0.15, 0.2) is 12.4 Å². The van der Waals surface area contributed by atoms with E-state index in [0.717, 1.165) is 10.5 Å². The van der Waals surface area contributed by atoms with Gasteiger partial charge in [-0.2, -0.15) is 0 Å². The number of imide groups is 1. The van der Waals surface area contributed by atoms with Gasteiger partial charge in [0.25, 0.3) is 23.5 Å². The van der Waals surface area contributed by atoms with Crippen molar-refractivity contribution in [2.24, 2.45) is 0 Å². The Bertz CT molecular complexity index is 1440. The summed E-state index contributed by atoms with van der Waals surface area (Å²) in [5.74, 6) is -2.10. The number of carbonyl (C=O) groups is 4. The standard InChI is InChI=1S/C26H19N5O5/c1-30-24(33)19-13-12-17(14-20(19)25(30)34)27-21(32)15-36-26(35)22-28-23(16-8-4-2-5-9-16)31(29-22)18-10-6-3-7-11-18/h2-14H,15H2,1H3,(H,27,32). The van der Waals surface area contributed by atoms with Crippen molar-refractivity contribution in [1.29, 1.82) is 0 Å². The van der Waals surface area contributed by atoms with Crippen LogP contribution in [-0.4, -0.2) is 57.0 Å². The van der Waals surface area contributed by atoms with Crippen LogP contribution in [0.4, 0.5) is 5.69 Å². The number of esters is 1. The molecule has 0 spiro atoms. The number of hydrogen-bond donors (Lipinski definition) is 1. The fraction of sp³-hybridized carbons (Fsp3) is 0.0769. The number of carbonyl (C=O) groups excluding carboxylic acids is 4. The fourth-order valence-corrected chi connectivity index (χ4v) is 3.75. The molecule has 1 aliphatic heterocycles. The molecular formula is C26H19N5O5. The zero-order chi connectivity index (χ0) is 25.2. The lowest BCUT2D eigenvalue weighted by Gasteiger charge is -2.06. The summed E-state index contributed by atoms with van der Waals surface area (Å²) < 4.78 is 6.67. The van der Waals surface area contributed by atoms with E-state index in [9.17, 15) is 19.2 Å². The van der Waals surface area contributed by atoms with Gasteiger partial charge in [0.1, 0.15) is 0 Å². The number of rotatable bonds is 6. The van der Waals surface area contributed by atoms with Gasteiger partial charge in [-0.05, 0) is 30.3 Å². The number of ether oxygens (including phenoxy) is 1. The van der Waals surface area contributed by atoms with Gasteiger partial charge in [-0.25, -0.2) is 14.5 Å². The summed E-state index contributed by atoms with van der Waals surface area (Å²) in [5, 5.41) is 6.86. The lowest BCUT2D eigenvalue weighted by Crippen LogP contribution is -2.24. The molecule has 178 valence electrons. The van der Waals surface area contributed by atoms with Crippen LogP contribution in [0.5, 0.6) is 0 Å². The molecule has 0 saturated heterocycles. The molecule has 3 aromatic carbocycles. The smallest absolute Gasteiger partial charge is 0.378 e. The van der Waals surface area contributed by atoms with Gasteiger partial charge in [0.05, 0.1) is 16.8 Å². The lowest BCUT2D eigenvalue weighted by atomic mass is 10.1. The van der Waals surface area contributed by atoms with E-state index in [2.05, 4.69) is 15.4 Å². The number of aromatic nitrogens is 3. The highest BCUT2D eigenvalue weighted by molar-refractivity contribution is 6.21. The van der Waals surface area contributed by atoms with E-state index in [1.165, 1.54) is 29.9 Å². The van der Waals surface area contributed by atoms with Gasteiger partial charge in [-0.15, -0.1) is 5.10 Å². The minimum atomic E-state index is -0.867. The van der Waals surface area contributed by atoms with E-state index in [1.807, 2.05) is 60.7 Å². The average molecular weight is 481 g/mol. The summed E-state index contributed by atoms with van der Waals surface area (Å²) in [6.45, 7) is -0.594. The van der Waals surface area contributed by atoms with E-state index in [-0.39, 0.29) is 17.0 Å².